The summed E-state index contributed by atoms with van der Waals surface area (Å²) in [4.78, 5) is 9.34. The summed E-state index contributed by atoms with van der Waals surface area (Å²) in [5.74, 6) is 1.70. The fourth-order valence-electron chi connectivity index (χ4n) is 3.99. The van der Waals surface area contributed by atoms with Crippen LogP contribution < -0.4 is 15.5 Å². The molecule has 146 valence electrons. The van der Waals surface area contributed by atoms with Crippen LogP contribution in [0.25, 0.3) is 0 Å². The molecular formula is C20H34IN5. The highest BCUT2D eigenvalue weighted by molar-refractivity contribution is 14.0. The van der Waals surface area contributed by atoms with Crippen LogP contribution in [0.5, 0.6) is 0 Å². The molecule has 0 amide bonds. The van der Waals surface area contributed by atoms with Crippen molar-refractivity contribution in [3.05, 3.63) is 30.3 Å². The predicted molar refractivity (Wildman–Crippen MR) is 122 cm³/mol. The van der Waals surface area contributed by atoms with Crippen molar-refractivity contribution in [2.75, 3.05) is 51.7 Å². The first-order valence-electron chi connectivity index (χ1n) is 9.70. The average Bonchev–Trinajstić information content (AvgIpc) is 2.66. The number of hydrogen-bond donors (Lipinski definition) is 2. The van der Waals surface area contributed by atoms with Crippen molar-refractivity contribution in [1.82, 2.24) is 15.5 Å². The van der Waals surface area contributed by atoms with Gasteiger partial charge in [-0.2, -0.15) is 0 Å². The highest BCUT2D eigenvalue weighted by Gasteiger charge is 2.21. The first kappa shape index (κ1) is 21.3. The molecule has 2 heterocycles. The van der Waals surface area contributed by atoms with Gasteiger partial charge in [-0.15, -0.1) is 24.0 Å². The molecule has 2 fully saturated rings. The first-order chi connectivity index (χ1) is 12.2. The SMILES string of the molecule is CN=C(NCC1CCCN(C)C1)NC1CCN(c2ccccc2)CC1.I. The molecule has 5 nitrogen and oxygen atoms in total. The van der Waals surface area contributed by atoms with Crippen molar-refractivity contribution < 1.29 is 0 Å². The Bertz CT molecular complexity index is 542. The Labute approximate surface area is 175 Å². The predicted octanol–water partition coefficient (Wildman–Crippen LogP) is 2.78. The van der Waals surface area contributed by atoms with Crippen molar-refractivity contribution in [3.63, 3.8) is 0 Å². The van der Waals surface area contributed by atoms with Gasteiger partial charge in [0.1, 0.15) is 0 Å². The third-order valence-corrected chi connectivity index (χ3v) is 5.46. The second-order valence-electron chi connectivity index (χ2n) is 7.46. The van der Waals surface area contributed by atoms with E-state index in [1.165, 1.54) is 31.6 Å². The topological polar surface area (TPSA) is 42.9 Å². The summed E-state index contributed by atoms with van der Waals surface area (Å²) < 4.78 is 0. The minimum atomic E-state index is 0. The summed E-state index contributed by atoms with van der Waals surface area (Å²) in [6, 6.07) is 11.2. The van der Waals surface area contributed by atoms with Crippen molar-refractivity contribution in [2.24, 2.45) is 10.9 Å². The second kappa shape index (κ2) is 11.0. The largest absolute Gasteiger partial charge is 0.371 e. The van der Waals surface area contributed by atoms with E-state index in [9.17, 15) is 0 Å². The van der Waals surface area contributed by atoms with Crippen LogP contribution in [0.1, 0.15) is 25.7 Å². The molecule has 2 aliphatic rings. The molecule has 1 aromatic carbocycles. The van der Waals surface area contributed by atoms with Gasteiger partial charge in [0.05, 0.1) is 0 Å². The van der Waals surface area contributed by atoms with E-state index < -0.39 is 0 Å². The summed E-state index contributed by atoms with van der Waals surface area (Å²) >= 11 is 0. The van der Waals surface area contributed by atoms with Crippen LogP contribution in [0, 0.1) is 5.92 Å². The monoisotopic (exact) mass is 471 g/mol. The quantitative estimate of drug-likeness (QED) is 0.403. The molecule has 3 rings (SSSR count). The van der Waals surface area contributed by atoms with Gasteiger partial charge in [-0.1, -0.05) is 18.2 Å². The number of nitrogens with one attached hydrogen (secondary N) is 2. The highest BCUT2D eigenvalue weighted by atomic mass is 127. The summed E-state index contributed by atoms with van der Waals surface area (Å²) in [5, 5.41) is 7.18. The Balaban J connectivity index is 0.00000243. The van der Waals surface area contributed by atoms with Gasteiger partial charge in [-0.05, 0) is 57.3 Å². The maximum absolute atomic E-state index is 4.43. The van der Waals surface area contributed by atoms with Crippen molar-refractivity contribution in [1.29, 1.82) is 0 Å². The third-order valence-electron chi connectivity index (χ3n) is 5.46. The lowest BCUT2D eigenvalue weighted by Gasteiger charge is -2.35. The number of guanidine groups is 1. The fourth-order valence-corrected chi connectivity index (χ4v) is 3.99. The number of nitrogens with zero attached hydrogens (tertiary/aromatic N) is 3. The number of benzene rings is 1. The molecule has 1 aromatic rings. The third kappa shape index (κ3) is 6.30. The van der Waals surface area contributed by atoms with E-state index in [4.69, 9.17) is 0 Å². The lowest BCUT2D eigenvalue weighted by atomic mass is 9.98. The molecule has 1 unspecified atom stereocenters. The zero-order valence-electron chi connectivity index (χ0n) is 16.2. The van der Waals surface area contributed by atoms with E-state index in [1.807, 2.05) is 7.05 Å². The van der Waals surface area contributed by atoms with Crippen LogP contribution in [-0.4, -0.2) is 63.7 Å². The van der Waals surface area contributed by atoms with Crippen LogP contribution in [0.3, 0.4) is 0 Å². The summed E-state index contributed by atoms with van der Waals surface area (Å²) in [6.45, 7) is 5.66. The Morgan fingerprint density at radius 2 is 1.85 bits per heavy atom. The first-order valence-corrected chi connectivity index (χ1v) is 9.70. The number of hydrogen-bond acceptors (Lipinski definition) is 3. The lowest BCUT2D eigenvalue weighted by molar-refractivity contribution is 0.210. The Kier molecular flexibility index (Phi) is 8.98. The van der Waals surface area contributed by atoms with E-state index in [2.05, 4.69) is 62.8 Å². The van der Waals surface area contributed by atoms with Gasteiger partial charge in [0, 0.05) is 45.0 Å². The van der Waals surface area contributed by atoms with Crippen molar-refractivity contribution in [3.8, 4) is 0 Å². The van der Waals surface area contributed by atoms with E-state index in [0.29, 0.717) is 6.04 Å². The molecular weight excluding hydrogens is 437 g/mol. The van der Waals surface area contributed by atoms with Gasteiger partial charge in [-0.25, -0.2) is 0 Å². The minimum absolute atomic E-state index is 0. The molecule has 2 N–H and O–H groups in total. The maximum Gasteiger partial charge on any atom is 0.191 e. The molecule has 2 saturated heterocycles. The Morgan fingerprint density at radius 3 is 2.50 bits per heavy atom. The standard InChI is InChI=1S/C20H33N5.HI/c1-21-20(22-15-17-7-6-12-24(2)16-17)23-18-10-13-25(14-11-18)19-8-4-3-5-9-19;/h3-5,8-9,17-18H,6-7,10-16H2,1-2H3,(H2,21,22,23);1H. The highest BCUT2D eigenvalue weighted by Crippen LogP contribution is 2.19. The molecule has 0 bridgehead atoms. The normalized spacial score (nSPS) is 22.6. The van der Waals surface area contributed by atoms with Crippen molar-refractivity contribution >= 4 is 35.6 Å². The van der Waals surface area contributed by atoms with Crippen LogP contribution in [0.2, 0.25) is 0 Å². The summed E-state index contributed by atoms with van der Waals surface area (Å²) in [5.41, 5.74) is 1.34. The summed E-state index contributed by atoms with van der Waals surface area (Å²) in [6.07, 6.45) is 4.94. The van der Waals surface area contributed by atoms with Gasteiger partial charge >= 0.3 is 0 Å². The van der Waals surface area contributed by atoms with Crippen LogP contribution in [-0.2, 0) is 0 Å². The average molecular weight is 471 g/mol. The zero-order valence-corrected chi connectivity index (χ0v) is 18.5. The molecule has 6 heteroatoms. The Morgan fingerprint density at radius 1 is 1.12 bits per heavy atom. The van der Waals surface area contributed by atoms with Gasteiger partial charge in [0.25, 0.3) is 0 Å². The van der Waals surface area contributed by atoms with Gasteiger partial charge in [0.2, 0.25) is 0 Å². The zero-order chi connectivity index (χ0) is 17.5. The minimum Gasteiger partial charge on any atom is -0.371 e. The molecule has 2 aliphatic heterocycles. The number of para-hydroxylation sites is 1. The number of rotatable bonds is 4. The molecule has 0 aliphatic carbocycles. The molecule has 0 spiro atoms. The van der Waals surface area contributed by atoms with E-state index in [-0.39, 0.29) is 24.0 Å². The maximum atomic E-state index is 4.43. The summed E-state index contributed by atoms with van der Waals surface area (Å²) in [7, 11) is 4.10. The Hall–Kier alpha value is -1.02. The van der Waals surface area contributed by atoms with E-state index >= 15 is 0 Å². The number of halogens is 1. The van der Waals surface area contributed by atoms with Gasteiger partial charge in [0.15, 0.2) is 5.96 Å². The lowest BCUT2D eigenvalue weighted by Crippen LogP contribution is -2.50. The number of piperidine rings is 2. The van der Waals surface area contributed by atoms with E-state index in [0.717, 1.165) is 44.4 Å². The number of likely N-dealkylation sites (tertiary alicyclic amines) is 1. The fraction of sp³-hybridized carbons (Fsp3) is 0.650. The number of anilines is 1. The molecule has 26 heavy (non-hydrogen) atoms. The van der Waals surface area contributed by atoms with Crippen LogP contribution in [0.4, 0.5) is 5.69 Å². The number of aliphatic imine (C=N–C) groups is 1. The van der Waals surface area contributed by atoms with Crippen molar-refractivity contribution in [2.45, 2.75) is 31.7 Å². The second-order valence-corrected chi connectivity index (χ2v) is 7.46. The van der Waals surface area contributed by atoms with Crippen LogP contribution in [0.15, 0.2) is 35.3 Å². The molecule has 0 radical (unpaired) electrons. The van der Waals surface area contributed by atoms with Gasteiger partial charge < -0.3 is 20.4 Å². The van der Waals surface area contributed by atoms with E-state index in [1.54, 1.807) is 0 Å². The smallest absolute Gasteiger partial charge is 0.191 e. The van der Waals surface area contributed by atoms with Gasteiger partial charge in [-0.3, -0.25) is 4.99 Å². The molecule has 1 atom stereocenters. The molecule has 0 aromatic heterocycles. The molecule has 0 saturated carbocycles. The van der Waals surface area contributed by atoms with Crippen LogP contribution >= 0.6 is 24.0 Å².